The van der Waals surface area contributed by atoms with E-state index in [9.17, 15) is 13.2 Å². The van der Waals surface area contributed by atoms with Crippen molar-refractivity contribution in [2.45, 2.75) is 51.4 Å². The number of nitrogens with zero attached hydrogens (tertiary/aromatic N) is 2. The average molecular weight is 396 g/mol. The van der Waals surface area contributed by atoms with E-state index in [1.54, 1.807) is 24.9 Å². The van der Waals surface area contributed by atoms with Gasteiger partial charge < -0.3 is 5.32 Å². The van der Waals surface area contributed by atoms with Crippen LogP contribution in [0.4, 0.5) is 5.69 Å². The average Bonchev–Trinajstić information content (AvgIpc) is 3.41. The number of aryl methyl sites for hydroxylation is 1. The highest BCUT2D eigenvalue weighted by atomic mass is 32.2. The molecule has 1 aromatic rings. The van der Waals surface area contributed by atoms with Gasteiger partial charge in [-0.15, -0.1) is 4.36 Å². The number of hydrogen-bond donors (Lipinski definition) is 1. The predicted molar refractivity (Wildman–Crippen MR) is 106 cm³/mol. The molecule has 0 aromatic heterocycles. The molecule has 0 unspecified atom stereocenters. The lowest BCUT2D eigenvalue weighted by Gasteiger charge is -2.28. The monoisotopic (exact) mass is 395 g/mol. The summed E-state index contributed by atoms with van der Waals surface area (Å²) in [4.78, 5) is 14.9. The van der Waals surface area contributed by atoms with Crippen LogP contribution >= 0.6 is 12.2 Å². The molecule has 1 N–H and O–H groups in total. The Morgan fingerprint density at radius 1 is 1.35 bits per heavy atom. The third-order valence-electron chi connectivity index (χ3n) is 4.78. The second-order valence-electron chi connectivity index (χ2n) is 6.61. The standard InChI is InChI=1S/C18H25N3O3S2/c1-4-5-6-11-21(17(25)19-3)16(22)18(9-10-18)14-8-7-13(2)15(12-14)20-26(23)24/h7-8,12H,4-6,9-11H2,1-3H3,(H,19,25). The van der Waals surface area contributed by atoms with E-state index in [0.717, 1.165) is 43.2 Å². The zero-order valence-electron chi connectivity index (χ0n) is 15.4. The molecule has 0 spiro atoms. The molecule has 2 rings (SSSR count). The number of carbonyl (C=O) groups is 1. The number of nitrogens with one attached hydrogen (secondary N) is 1. The topological polar surface area (TPSA) is 78.8 Å². The lowest BCUT2D eigenvalue weighted by molar-refractivity contribution is -0.130. The van der Waals surface area contributed by atoms with Gasteiger partial charge in [-0.25, -0.2) is 0 Å². The second kappa shape index (κ2) is 8.73. The summed E-state index contributed by atoms with van der Waals surface area (Å²) in [5.74, 6) is -0.0222. The van der Waals surface area contributed by atoms with E-state index in [0.29, 0.717) is 17.3 Å². The third kappa shape index (κ3) is 4.48. The Kier molecular flexibility index (Phi) is 6.88. The van der Waals surface area contributed by atoms with Gasteiger partial charge in [0.05, 0.1) is 11.1 Å². The highest BCUT2D eigenvalue weighted by Crippen LogP contribution is 2.50. The van der Waals surface area contributed by atoms with Crippen LogP contribution in [0.1, 0.15) is 50.2 Å². The molecule has 8 heteroatoms. The minimum Gasteiger partial charge on any atom is -0.365 e. The molecule has 1 saturated carbocycles. The largest absolute Gasteiger partial charge is 0.365 e. The van der Waals surface area contributed by atoms with Crippen LogP contribution in [0.3, 0.4) is 0 Å². The Morgan fingerprint density at radius 3 is 2.58 bits per heavy atom. The zero-order chi connectivity index (χ0) is 19.3. The van der Waals surface area contributed by atoms with Gasteiger partial charge in [-0.2, -0.15) is 8.42 Å². The maximum absolute atomic E-state index is 13.3. The molecule has 1 aliphatic carbocycles. The lowest BCUT2D eigenvalue weighted by Crippen LogP contribution is -2.47. The molecule has 1 fully saturated rings. The van der Waals surface area contributed by atoms with Crippen molar-refractivity contribution in [2.75, 3.05) is 13.6 Å². The molecule has 0 bridgehead atoms. The Labute approximate surface area is 161 Å². The third-order valence-corrected chi connectivity index (χ3v) is 5.55. The molecule has 0 saturated heterocycles. The summed E-state index contributed by atoms with van der Waals surface area (Å²) in [5, 5.41) is 3.33. The van der Waals surface area contributed by atoms with E-state index in [4.69, 9.17) is 12.2 Å². The van der Waals surface area contributed by atoms with Gasteiger partial charge in [0.2, 0.25) is 5.91 Å². The fourth-order valence-corrected chi connectivity index (χ4v) is 3.58. The van der Waals surface area contributed by atoms with Gasteiger partial charge >= 0.3 is 10.5 Å². The molecule has 0 atom stereocenters. The van der Waals surface area contributed by atoms with Crippen molar-refractivity contribution in [3.05, 3.63) is 29.3 Å². The first-order valence-electron chi connectivity index (χ1n) is 8.81. The summed E-state index contributed by atoms with van der Waals surface area (Å²) >= 11 is 5.35. The minimum atomic E-state index is -2.53. The molecule has 6 nitrogen and oxygen atoms in total. The van der Waals surface area contributed by atoms with Crippen molar-refractivity contribution in [3.8, 4) is 0 Å². The molecule has 0 radical (unpaired) electrons. The van der Waals surface area contributed by atoms with Gasteiger partial charge in [-0.3, -0.25) is 9.69 Å². The fraction of sp³-hybridized carbons (Fsp3) is 0.556. The maximum atomic E-state index is 13.3. The van der Waals surface area contributed by atoms with E-state index in [1.807, 2.05) is 12.1 Å². The molecule has 1 amide bonds. The molecular formula is C18H25N3O3S2. The highest BCUT2D eigenvalue weighted by molar-refractivity contribution is 7.80. The fourth-order valence-electron chi connectivity index (χ4n) is 3.05. The second-order valence-corrected chi connectivity index (χ2v) is 7.61. The van der Waals surface area contributed by atoms with E-state index in [1.165, 1.54) is 0 Å². The van der Waals surface area contributed by atoms with Gasteiger partial charge in [0.25, 0.3) is 0 Å². The maximum Gasteiger partial charge on any atom is 0.316 e. The molecule has 0 aliphatic heterocycles. The molecule has 1 aliphatic rings. The lowest BCUT2D eigenvalue weighted by atomic mass is 9.92. The van der Waals surface area contributed by atoms with Crippen molar-refractivity contribution in [3.63, 3.8) is 0 Å². The summed E-state index contributed by atoms with van der Waals surface area (Å²) in [7, 11) is -0.810. The van der Waals surface area contributed by atoms with Crippen molar-refractivity contribution < 1.29 is 13.2 Å². The van der Waals surface area contributed by atoms with E-state index in [2.05, 4.69) is 16.6 Å². The van der Waals surface area contributed by atoms with E-state index >= 15 is 0 Å². The van der Waals surface area contributed by atoms with Crippen LogP contribution in [0, 0.1) is 6.92 Å². The van der Waals surface area contributed by atoms with E-state index in [-0.39, 0.29) is 5.91 Å². The number of carbonyl (C=O) groups excluding carboxylic acids is 1. The number of rotatable bonds is 7. The summed E-state index contributed by atoms with van der Waals surface area (Å²) in [6.45, 7) is 4.49. The Morgan fingerprint density at radius 2 is 2.04 bits per heavy atom. The van der Waals surface area contributed by atoms with Gasteiger partial charge in [0.15, 0.2) is 5.11 Å². The smallest absolute Gasteiger partial charge is 0.316 e. The number of unbranched alkanes of at least 4 members (excludes halogenated alkanes) is 2. The van der Waals surface area contributed by atoms with Crippen LogP contribution in [-0.2, 0) is 20.7 Å². The van der Waals surface area contributed by atoms with Crippen LogP contribution in [-0.4, -0.2) is 37.9 Å². The summed E-state index contributed by atoms with van der Waals surface area (Å²) in [6, 6.07) is 5.41. The zero-order valence-corrected chi connectivity index (χ0v) is 17.0. The van der Waals surface area contributed by atoms with Crippen LogP contribution in [0.5, 0.6) is 0 Å². The van der Waals surface area contributed by atoms with Crippen molar-refractivity contribution >= 4 is 39.4 Å². The summed E-state index contributed by atoms with van der Waals surface area (Å²) in [6.07, 6.45) is 4.45. The van der Waals surface area contributed by atoms with Crippen LogP contribution in [0.25, 0.3) is 0 Å². The van der Waals surface area contributed by atoms with Crippen molar-refractivity contribution in [1.29, 1.82) is 0 Å². The first-order chi connectivity index (χ1) is 12.4. The highest BCUT2D eigenvalue weighted by Gasteiger charge is 2.53. The van der Waals surface area contributed by atoms with Gasteiger partial charge in [-0.05, 0) is 55.6 Å². The van der Waals surface area contributed by atoms with Crippen LogP contribution in [0.2, 0.25) is 0 Å². The number of benzene rings is 1. The molecule has 142 valence electrons. The molecule has 1 aromatic carbocycles. The SMILES string of the molecule is CCCCCN(C(=O)C1(c2ccc(C)c(N=S(=O)=O)c2)CC1)C(=S)NC. The van der Waals surface area contributed by atoms with Crippen molar-refractivity contribution in [1.82, 2.24) is 10.2 Å². The normalized spacial score (nSPS) is 14.4. The summed E-state index contributed by atoms with van der Waals surface area (Å²) < 4.78 is 25.5. The Hall–Kier alpha value is -1.80. The van der Waals surface area contributed by atoms with Gasteiger partial charge in [-0.1, -0.05) is 31.9 Å². The number of thiocarbonyl (C=S) groups is 1. The van der Waals surface area contributed by atoms with Crippen LogP contribution in [0.15, 0.2) is 22.6 Å². The molecule has 0 heterocycles. The quantitative estimate of drug-likeness (QED) is 0.566. The van der Waals surface area contributed by atoms with Gasteiger partial charge in [0, 0.05) is 13.6 Å². The molecular weight excluding hydrogens is 370 g/mol. The van der Waals surface area contributed by atoms with Crippen LogP contribution < -0.4 is 5.32 Å². The Balaban J connectivity index is 2.34. The molecule has 26 heavy (non-hydrogen) atoms. The number of hydrogen-bond acceptors (Lipinski definition) is 5. The summed E-state index contributed by atoms with van der Waals surface area (Å²) in [5.41, 5.74) is 1.31. The minimum absolute atomic E-state index is 0.0222. The first-order valence-corrected chi connectivity index (χ1v) is 10.3. The Bertz CT molecular complexity index is 822. The van der Waals surface area contributed by atoms with Gasteiger partial charge in [0.1, 0.15) is 0 Å². The first kappa shape index (κ1) is 20.5. The number of amides is 1. The van der Waals surface area contributed by atoms with E-state index < -0.39 is 15.9 Å². The predicted octanol–water partition coefficient (Wildman–Crippen LogP) is 3.24. The van der Waals surface area contributed by atoms with Crippen molar-refractivity contribution in [2.24, 2.45) is 4.36 Å².